The van der Waals surface area contributed by atoms with Crippen LogP contribution in [0.5, 0.6) is 0 Å². The summed E-state index contributed by atoms with van der Waals surface area (Å²) < 4.78 is 52.0. The van der Waals surface area contributed by atoms with Gasteiger partial charge in [-0.2, -0.15) is 13.2 Å². The van der Waals surface area contributed by atoms with Gasteiger partial charge in [-0.15, -0.1) is 0 Å². The third-order valence-electron chi connectivity index (χ3n) is 6.30. The third kappa shape index (κ3) is 6.34. The quantitative estimate of drug-likeness (QED) is 0.437. The number of piperazine rings is 2. The molecule has 35 heavy (non-hydrogen) atoms. The predicted molar refractivity (Wildman–Crippen MR) is 121 cm³/mol. The molecule has 3 heterocycles. The third-order valence-corrected chi connectivity index (χ3v) is 6.30. The Morgan fingerprint density at radius 1 is 0.857 bits per heavy atom. The minimum Gasteiger partial charge on any atom is -0.354 e. The van der Waals surface area contributed by atoms with Crippen LogP contribution in [0.3, 0.4) is 0 Å². The van der Waals surface area contributed by atoms with Crippen molar-refractivity contribution in [3.63, 3.8) is 0 Å². The molecule has 2 aliphatic rings. The number of rotatable bonds is 7. The number of hydrogen-bond donors (Lipinski definition) is 0. The number of halogens is 4. The standard InChI is InChI=1S/C24H27F4N5O2/c25-20-5-2-1-4-18(20)15-31-16-22(34)33(23(35)17-31)9-3-8-30-10-12-32(13-11-30)21-7-6-19(14-29-21)24(26,27)28/h1-2,4-7,14H,3,8-13,15-17H2. The summed E-state index contributed by atoms with van der Waals surface area (Å²) >= 11 is 0. The Hall–Kier alpha value is -3.05. The van der Waals surface area contributed by atoms with E-state index in [1.54, 1.807) is 23.1 Å². The first kappa shape index (κ1) is 25.1. The van der Waals surface area contributed by atoms with Crippen molar-refractivity contribution in [3.8, 4) is 0 Å². The molecule has 0 radical (unpaired) electrons. The van der Waals surface area contributed by atoms with E-state index < -0.39 is 11.7 Å². The summed E-state index contributed by atoms with van der Waals surface area (Å²) in [5.74, 6) is -0.405. The smallest absolute Gasteiger partial charge is 0.354 e. The summed E-state index contributed by atoms with van der Waals surface area (Å²) in [4.78, 5) is 36.1. The van der Waals surface area contributed by atoms with Crippen LogP contribution in [0.15, 0.2) is 42.6 Å². The topological polar surface area (TPSA) is 60.0 Å². The van der Waals surface area contributed by atoms with Crippen LogP contribution in [0.2, 0.25) is 0 Å². The van der Waals surface area contributed by atoms with Gasteiger partial charge < -0.3 is 4.90 Å². The second-order valence-electron chi connectivity index (χ2n) is 8.76. The van der Waals surface area contributed by atoms with Crippen molar-refractivity contribution >= 4 is 17.6 Å². The molecule has 0 unspecified atom stereocenters. The fourth-order valence-electron chi connectivity index (χ4n) is 4.37. The summed E-state index contributed by atoms with van der Waals surface area (Å²) in [7, 11) is 0. The molecule has 4 rings (SSSR count). The molecule has 0 atom stereocenters. The van der Waals surface area contributed by atoms with Gasteiger partial charge in [0.1, 0.15) is 11.6 Å². The highest BCUT2D eigenvalue weighted by molar-refractivity contribution is 5.99. The van der Waals surface area contributed by atoms with Crippen LogP contribution in [0.25, 0.3) is 0 Å². The van der Waals surface area contributed by atoms with Crippen LogP contribution in [-0.4, -0.2) is 83.9 Å². The predicted octanol–water partition coefficient (Wildman–Crippen LogP) is 2.62. The first-order valence-electron chi connectivity index (χ1n) is 11.5. The Kier molecular flexibility index (Phi) is 7.66. The molecule has 2 amide bonds. The van der Waals surface area contributed by atoms with Gasteiger partial charge in [-0.1, -0.05) is 18.2 Å². The van der Waals surface area contributed by atoms with E-state index in [0.717, 1.165) is 12.3 Å². The molecular weight excluding hydrogens is 466 g/mol. The molecule has 1 aromatic heterocycles. The molecule has 2 aromatic rings. The number of alkyl halides is 3. The Balaban J connectivity index is 1.19. The summed E-state index contributed by atoms with van der Waals surface area (Å²) in [5, 5.41) is 0. The number of imide groups is 1. The summed E-state index contributed by atoms with van der Waals surface area (Å²) in [5.41, 5.74) is -0.316. The zero-order chi connectivity index (χ0) is 25.0. The molecule has 2 fully saturated rings. The van der Waals surface area contributed by atoms with Crippen molar-refractivity contribution < 1.29 is 27.2 Å². The number of amides is 2. The molecule has 0 N–H and O–H groups in total. The van der Waals surface area contributed by atoms with Crippen LogP contribution in [-0.2, 0) is 22.3 Å². The van der Waals surface area contributed by atoms with E-state index in [1.807, 2.05) is 4.90 Å². The average Bonchev–Trinajstić information content (AvgIpc) is 2.82. The van der Waals surface area contributed by atoms with Crippen molar-refractivity contribution in [2.24, 2.45) is 0 Å². The van der Waals surface area contributed by atoms with Crippen LogP contribution in [0.4, 0.5) is 23.4 Å². The number of hydrogen-bond acceptors (Lipinski definition) is 6. The molecule has 2 aliphatic heterocycles. The molecule has 2 saturated heterocycles. The average molecular weight is 494 g/mol. The maximum absolute atomic E-state index is 13.9. The number of benzene rings is 1. The van der Waals surface area contributed by atoms with E-state index >= 15 is 0 Å². The normalized spacial score (nSPS) is 18.4. The molecule has 1 aromatic carbocycles. The maximum Gasteiger partial charge on any atom is 0.417 e. The lowest BCUT2D eigenvalue weighted by Gasteiger charge is -2.36. The lowest BCUT2D eigenvalue weighted by molar-refractivity contribution is -0.151. The lowest BCUT2D eigenvalue weighted by Crippen LogP contribution is -2.54. The molecule has 0 spiro atoms. The van der Waals surface area contributed by atoms with Crippen molar-refractivity contribution in [2.45, 2.75) is 19.1 Å². The van der Waals surface area contributed by atoms with Gasteiger partial charge in [0.05, 0.1) is 18.7 Å². The van der Waals surface area contributed by atoms with E-state index in [1.165, 1.54) is 17.0 Å². The van der Waals surface area contributed by atoms with E-state index in [-0.39, 0.29) is 37.3 Å². The second kappa shape index (κ2) is 10.7. The summed E-state index contributed by atoms with van der Waals surface area (Å²) in [6, 6.07) is 8.75. The molecule has 0 bridgehead atoms. The Morgan fingerprint density at radius 2 is 1.54 bits per heavy atom. The van der Waals surface area contributed by atoms with Gasteiger partial charge in [0, 0.05) is 51.0 Å². The van der Waals surface area contributed by atoms with Gasteiger partial charge in [-0.05, 0) is 31.2 Å². The van der Waals surface area contributed by atoms with Crippen molar-refractivity contribution in [3.05, 3.63) is 59.5 Å². The van der Waals surface area contributed by atoms with Gasteiger partial charge >= 0.3 is 6.18 Å². The van der Waals surface area contributed by atoms with Crippen LogP contribution >= 0.6 is 0 Å². The minimum atomic E-state index is -4.40. The van der Waals surface area contributed by atoms with Gasteiger partial charge in [0.2, 0.25) is 11.8 Å². The fourth-order valence-corrected chi connectivity index (χ4v) is 4.37. The first-order chi connectivity index (χ1) is 16.7. The Bertz CT molecular complexity index is 1020. The summed E-state index contributed by atoms with van der Waals surface area (Å²) in [6.07, 6.45) is -2.92. The fraction of sp³-hybridized carbons (Fsp3) is 0.458. The van der Waals surface area contributed by atoms with Crippen molar-refractivity contribution in [1.82, 2.24) is 19.7 Å². The van der Waals surface area contributed by atoms with E-state index in [0.29, 0.717) is 57.1 Å². The highest BCUT2D eigenvalue weighted by Gasteiger charge is 2.32. The van der Waals surface area contributed by atoms with Crippen LogP contribution in [0, 0.1) is 5.82 Å². The van der Waals surface area contributed by atoms with E-state index in [2.05, 4.69) is 9.88 Å². The number of aromatic nitrogens is 1. The largest absolute Gasteiger partial charge is 0.417 e. The Labute approximate surface area is 200 Å². The highest BCUT2D eigenvalue weighted by atomic mass is 19.4. The number of pyridine rings is 1. The second-order valence-corrected chi connectivity index (χ2v) is 8.76. The highest BCUT2D eigenvalue weighted by Crippen LogP contribution is 2.29. The SMILES string of the molecule is O=C1CN(Cc2ccccc2F)CC(=O)N1CCCN1CCN(c2ccc(C(F)(F)F)cn2)CC1. The molecule has 7 nitrogen and oxygen atoms in total. The number of carbonyl (C=O) groups is 2. The molecule has 188 valence electrons. The molecule has 0 aliphatic carbocycles. The van der Waals surface area contributed by atoms with Crippen molar-refractivity contribution in [2.75, 3.05) is 57.3 Å². The van der Waals surface area contributed by atoms with Crippen LogP contribution in [0.1, 0.15) is 17.5 Å². The monoisotopic (exact) mass is 493 g/mol. The van der Waals surface area contributed by atoms with Gasteiger partial charge in [-0.3, -0.25) is 24.3 Å². The zero-order valence-electron chi connectivity index (χ0n) is 19.2. The minimum absolute atomic E-state index is 0.0683. The maximum atomic E-state index is 13.9. The van der Waals surface area contributed by atoms with Gasteiger partial charge in [0.15, 0.2) is 0 Å². The van der Waals surface area contributed by atoms with Gasteiger partial charge in [-0.25, -0.2) is 9.37 Å². The van der Waals surface area contributed by atoms with E-state index in [9.17, 15) is 27.2 Å². The van der Waals surface area contributed by atoms with Crippen molar-refractivity contribution in [1.29, 1.82) is 0 Å². The van der Waals surface area contributed by atoms with Crippen LogP contribution < -0.4 is 4.90 Å². The Morgan fingerprint density at radius 3 is 2.14 bits per heavy atom. The molecular formula is C24H27F4N5O2. The van der Waals surface area contributed by atoms with Gasteiger partial charge in [0.25, 0.3) is 0 Å². The summed E-state index contributed by atoms with van der Waals surface area (Å²) in [6.45, 7) is 4.04. The number of anilines is 1. The lowest BCUT2D eigenvalue weighted by atomic mass is 10.1. The molecule has 0 saturated carbocycles. The number of nitrogens with zero attached hydrogens (tertiary/aromatic N) is 5. The number of carbonyl (C=O) groups excluding carboxylic acids is 2. The first-order valence-corrected chi connectivity index (χ1v) is 11.5. The zero-order valence-corrected chi connectivity index (χ0v) is 19.2. The molecule has 11 heteroatoms. The van der Waals surface area contributed by atoms with E-state index in [4.69, 9.17) is 0 Å².